The van der Waals surface area contributed by atoms with Crippen LogP contribution in [0.25, 0.3) is 0 Å². The molecule has 1 aromatic carbocycles. The highest BCUT2D eigenvalue weighted by atomic mass is 32.2. The molecule has 1 N–H and O–H groups in total. The van der Waals surface area contributed by atoms with Crippen molar-refractivity contribution in [2.75, 3.05) is 46.8 Å². The third kappa shape index (κ3) is 5.54. The topological polar surface area (TPSA) is 55.9 Å². The fraction of sp³-hybridized carbons (Fsp3) is 0.625. The summed E-state index contributed by atoms with van der Waals surface area (Å²) in [6.07, 6.45) is 0. The quantitative estimate of drug-likeness (QED) is 0.795. The molecule has 0 bridgehead atoms. The first-order valence-electron chi connectivity index (χ1n) is 8.10. The van der Waals surface area contributed by atoms with E-state index in [-0.39, 0.29) is 0 Å². The molecule has 1 heterocycles. The van der Waals surface area contributed by atoms with Gasteiger partial charge in [0.1, 0.15) is 0 Å². The van der Waals surface area contributed by atoms with Crippen LogP contribution in [-0.4, -0.2) is 69.3 Å². The summed E-state index contributed by atoms with van der Waals surface area (Å²) in [5.41, 5.74) is 2.19. The third-order valence-electron chi connectivity index (χ3n) is 4.24. The fourth-order valence-electron chi connectivity index (χ4n) is 2.56. The molecule has 6 nitrogen and oxygen atoms in total. The molecule has 0 radical (unpaired) electrons. The van der Waals surface area contributed by atoms with E-state index in [0.29, 0.717) is 19.6 Å². The number of hydrogen-bond acceptors (Lipinski definition) is 4. The fourth-order valence-corrected chi connectivity index (χ4v) is 3.73. The Hall–Kier alpha value is -0.990. The van der Waals surface area contributed by atoms with Gasteiger partial charge in [0, 0.05) is 39.3 Å². The summed E-state index contributed by atoms with van der Waals surface area (Å²) in [6.45, 7) is 6.96. The molecule has 130 valence electrons. The minimum atomic E-state index is -3.40. The van der Waals surface area contributed by atoms with Crippen LogP contribution in [-0.2, 0) is 23.3 Å². The van der Waals surface area contributed by atoms with Gasteiger partial charge in [0.25, 0.3) is 10.2 Å². The van der Waals surface area contributed by atoms with E-state index < -0.39 is 10.2 Å². The van der Waals surface area contributed by atoms with Gasteiger partial charge in [-0.15, -0.1) is 0 Å². The molecular weight excluding hydrogens is 312 g/mol. The van der Waals surface area contributed by atoms with E-state index in [0.717, 1.165) is 31.7 Å². The Morgan fingerprint density at radius 2 is 1.83 bits per heavy atom. The molecule has 0 amide bonds. The molecule has 0 spiro atoms. The largest absolute Gasteiger partial charge is 0.304 e. The Bertz CT molecular complexity index is 598. The molecule has 7 heteroatoms. The van der Waals surface area contributed by atoms with Crippen LogP contribution in [0.1, 0.15) is 18.1 Å². The maximum absolute atomic E-state index is 12.4. The van der Waals surface area contributed by atoms with Crippen LogP contribution in [0, 0.1) is 0 Å². The maximum Gasteiger partial charge on any atom is 0.279 e. The molecule has 1 saturated heterocycles. The zero-order valence-corrected chi connectivity index (χ0v) is 15.1. The van der Waals surface area contributed by atoms with Crippen molar-refractivity contribution in [3.8, 4) is 0 Å². The minimum Gasteiger partial charge on any atom is -0.304 e. The van der Waals surface area contributed by atoms with Gasteiger partial charge in [-0.05, 0) is 31.8 Å². The molecule has 0 unspecified atom stereocenters. The number of nitrogens with one attached hydrogen (secondary N) is 1. The summed E-state index contributed by atoms with van der Waals surface area (Å²) in [7, 11) is 0.683. The van der Waals surface area contributed by atoms with Crippen LogP contribution in [0.2, 0.25) is 0 Å². The van der Waals surface area contributed by atoms with Gasteiger partial charge in [0.05, 0.1) is 0 Å². The van der Waals surface area contributed by atoms with E-state index >= 15 is 0 Å². The van der Waals surface area contributed by atoms with Gasteiger partial charge in [0.2, 0.25) is 0 Å². The number of likely N-dealkylation sites (N-methyl/N-ethyl adjacent to an activating group) is 1. The Morgan fingerprint density at radius 3 is 2.48 bits per heavy atom. The number of rotatable bonds is 7. The molecule has 1 aliphatic rings. The SMILES string of the molecule is CCN(C)Cc1cccc(CNS(=O)(=O)N2CCN(C)CC2)c1. The molecule has 1 aliphatic heterocycles. The Labute approximate surface area is 140 Å². The average molecular weight is 340 g/mol. The van der Waals surface area contributed by atoms with Crippen LogP contribution in [0.3, 0.4) is 0 Å². The predicted octanol–water partition coefficient (Wildman–Crippen LogP) is 0.720. The van der Waals surface area contributed by atoms with Crippen LogP contribution in [0.4, 0.5) is 0 Å². The smallest absolute Gasteiger partial charge is 0.279 e. The van der Waals surface area contributed by atoms with Gasteiger partial charge in [-0.25, -0.2) is 0 Å². The number of nitrogens with zero attached hydrogens (tertiary/aromatic N) is 3. The van der Waals surface area contributed by atoms with Crippen LogP contribution in [0.15, 0.2) is 24.3 Å². The van der Waals surface area contributed by atoms with E-state index in [9.17, 15) is 8.42 Å². The average Bonchev–Trinajstić information content (AvgIpc) is 2.54. The van der Waals surface area contributed by atoms with Crippen molar-refractivity contribution in [3.05, 3.63) is 35.4 Å². The summed E-state index contributed by atoms with van der Waals surface area (Å²) in [6, 6.07) is 8.09. The summed E-state index contributed by atoms with van der Waals surface area (Å²) in [4.78, 5) is 4.35. The van der Waals surface area contributed by atoms with Crippen molar-refractivity contribution in [2.45, 2.75) is 20.0 Å². The molecule has 0 aliphatic carbocycles. The van der Waals surface area contributed by atoms with Gasteiger partial charge in [-0.1, -0.05) is 31.2 Å². The van der Waals surface area contributed by atoms with Crippen molar-refractivity contribution in [3.63, 3.8) is 0 Å². The van der Waals surface area contributed by atoms with Crippen LogP contribution >= 0.6 is 0 Å². The van der Waals surface area contributed by atoms with Crippen molar-refractivity contribution in [2.24, 2.45) is 0 Å². The van der Waals surface area contributed by atoms with E-state index in [1.807, 2.05) is 19.2 Å². The predicted molar refractivity (Wildman–Crippen MR) is 93.3 cm³/mol. The van der Waals surface area contributed by atoms with Crippen molar-refractivity contribution in [1.29, 1.82) is 0 Å². The molecule has 0 saturated carbocycles. The van der Waals surface area contributed by atoms with E-state index in [4.69, 9.17) is 0 Å². The van der Waals surface area contributed by atoms with Crippen molar-refractivity contribution < 1.29 is 8.42 Å². The summed E-state index contributed by atoms with van der Waals surface area (Å²) in [5, 5.41) is 0. The molecule has 0 aromatic heterocycles. The summed E-state index contributed by atoms with van der Waals surface area (Å²) < 4.78 is 29.0. The highest BCUT2D eigenvalue weighted by Gasteiger charge is 2.25. The lowest BCUT2D eigenvalue weighted by Gasteiger charge is -2.31. The zero-order chi connectivity index (χ0) is 16.9. The van der Waals surface area contributed by atoms with Gasteiger partial charge < -0.3 is 9.80 Å². The van der Waals surface area contributed by atoms with Crippen LogP contribution in [0.5, 0.6) is 0 Å². The van der Waals surface area contributed by atoms with Crippen molar-refractivity contribution in [1.82, 2.24) is 18.8 Å². The molecular formula is C16H28N4O2S. The second kappa shape index (κ2) is 8.21. The van der Waals surface area contributed by atoms with Gasteiger partial charge in [0.15, 0.2) is 0 Å². The Balaban J connectivity index is 1.93. The summed E-state index contributed by atoms with van der Waals surface area (Å²) in [5.74, 6) is 0. The highest BCUT2D eigenvalue weighted by Crippen LogP contribution is 2.09. The first kappa shape index (κ1) is 18.4. The third-order valence-corrected chi connectivity index (χ3v) is 5.80. The maximum atomic E-state index is 12.4. The second-order valence-corrected chi connectivity index (χ2v) is 7.93. The zero-order valence-electron chi connectivity index (χ0n) is 14.3. The van der Waals surface area contributed by atoms with E-state index in [2.05, 4.69) is 40.6 Å². The lowest BCUT2D eigenvalue weighted by molar-refractivity contribution is 0.221. The van der Waals surface area contributed by atoms with E-state index in [1.54, 1.807) is 0 Å². The molecule has 1 aromatic rings. The van der Waals surface area contributed by atoms with Crippen molar-refractivity contribution >= 4 is 10.2 Å². The first-order valence-corrected chi connectivity index (χ1v) is 9.54. The van der Waals surface area contributed by atoms with Gasteiger partial charge in [-0.2, -0.15) is 17.4 Å². The molecule has 2 rings (SSSR count). The molecule has 23 heavy (non-hydrogen) atoms. The van der Waals surface area contributed by atoms with Gasteiger partial charge in [-0.3, -0.25) is 0 Å². The molecule has 1 fully saturated rings. The van der Waals surface area contributed by atoms with Crippen LogP contribution < -0.4 is 4.72 Å². The second-order valence-electron chi connectivity index (χ2n) is 6.18. The first-order chi connectivity index (χ1) is 10.9. The number of piperazine rings is 1. The standard InChI is InChI=1S/C16H28N4O2S/c1-4-18(2)14-16-7-5-6-15(12-16)13-17-23(21,22)20-10-8-19(3)9-11-20/h5-7,12,17H,4,8-11,13-14H2,1-3H3. The highest BCUT2D eigenvalue weighted by molar-refractivity contribution is 7.87. The number of hydrogen-bond donors (Lipinski definition) is 1. The molecule has 0 atom stereocenters. The Kier molecular flexibility index (Phi) is 6.55. The lowest BCUT2D eigenvalue weighted by Crippen LogP contribution is -2.50. The normalized spacial score (nSPS) is 17.7. The lowest BCUT2D eigenvalue weighted by atomic mass is 10.1. The summed E-state index contributed by atoms with van der Waals surface area (Å²) >= 11 is 0. The van der Waals surface area contributed by atoms with E-state index in [1.165, 1.54) is 9.87 Å². The monoisotopic (exact) mass is 340 g/mol. The van der Waals surface area contributed by atoms with Gasteiger partial charge >= 0.3 is 0 Å². The number of benzene rings is 1. The Morgan fingerprint density at radius 1 is 1.17 bits per heavy atom. The minimum absolute atomic E-state index is 0.332.